The Bertz CT molecular complexity index is 727. The molecule has 1 heterocycles. The van der Waals surface area contributed by atoms with E-state index in [1.807, 2.05) is 43.0 Å². The zero-order valence-corrected chi connectivity index (χ0v) is 13.7. The van der Waals surface area contributed by atoms with Crippen LogP contribution in [0, 0.1) is 11.7 Å². The summed E-state index contributed by atoms with van der Waals surface area (Å²) in [6.45, 7) is 5.04. The first-order valence-corrected chi connectivity index (χ1v) is 8.02. The average Bonchev–Trinajstić information content (AvgIpc) is 3.27. The van der Waals surface area contributed by atoms with E-state index in [9.17, 15) is 4.79 Å². The summed E-state index contributed by atoms with van der Waals surface area (Å²) in [6.07, 6.45) is 2.22. The predicted molar refractivity (Wildman–Crippen MR) is 88.0 cm³/mol. The summed E-state index contributed by atoms with van der Waals surface area (Å²) < 4.78 is 2.27. The zero-order valence-electron chi connectivity index (χ0n) is 12.9. The van der Waals surface area contributed by atoms with Crippen molar-refractivity contribution in [3.05, 3.63) is 34.6 Å². The van der Waals surface area contributed by atoms with Crippen molar-refractivity contribution in [2.45, 2.75) is 39.3 Å². The largest absolute Gasteiger partial charge is 0.338 e. The van der Waals surface area contributed by atoms with Crippen LogP contribution in [0.5, 0.6) is 0 Å². The molecule has 2 aromatic rings. The highest BCUT2D eigenvalue weighted by atomic mass is 32.1. The number of aromatic amines is 1. The number of rotatable bonds is 5. The quantitative estimate of drug-likeness (QED) is 0.863. The van der Waals surface area contributed by atoms with Gasteiger partial charge in [0.25, 0.3) is 0 Å². The second-order valence-corrected chi connectivity index (χ2v) is 6.10. The number of carbonyl (C=O) groups is 1. The summed E-state index contributed by atoms with van der Waals surface area (Å²) in [4.78, 5) is 14.5. The predicted octanol–water partition coefficient (Wildman–Crippen LogP) is 2.93. The molecule has 116 valence electrons. The van der Waals surface area contributed by atoms with E-state index >= 15 is 0 Å². The van der Waals surface area contributed by atoms with Gasteiger partial charge in [-0.25, -0.2) is 0 Å². The number of aryl methyl sites for hydroxylation is 1. The maximum absolute atomic E-state index is 12.5. The molecular weight excluding hydrogens is 296 g/mol. The molecular formula is C16H20N4OS. The number of hydrogen-bond acceptors (Lipinski definition) is 3. The molecule has 1 saturated carbocycles. The number of benzene rings is 1. The van der Waals surface area contributed by atoms with Gasteiger partial charge in [0.2, 0.25) is 5.91 Å². The Labute approximate surface area is 135 Å². The summed E-state index contributed by atoms with van der Waals surface area (Å²) in [6, 6.07) is 8.48. The zero-order chi connectivity index (χ0) is 15.7. The third kappa shape index (κ3) is 2.97. The fourth-order valence-corrected chi connectivity index (χ4v) is 2.83. The van der Waals surface area contributed by atoms with E-state index in [4.69, 9.17) is 12.2 Å². The van der Waals surface area contributed by atoms with Crippen molar-refractivity contribution in [2.24, 2.45) is 0 Å². The maximum atomic E-state index is 12.5. The fraction of sp³-hybridized carbons (Fsp3) is 0.438. The van der Waals surface area contributed by atoms with Crippen LogP contribution in [-0.4, -0.2) is 38.2 Å². The Morgan fingerprint density at radius 3 is 2.68 bits per heavy atom. The number of aromatic nitrogens is 3. The molecule has 1 aromatic heterocycles. The summed E-state index contributed by atoms with van der Waals surface area (Å²) in [7, 11) is 0. The molecule has 1 N–H and O–H groups in total. The van der Waals surface area contributed by atoms with Crippen LogP contribution < -0.4 is 0 Å². The van der Waals surface area contributed by atoms with E-state index in [0.29, 0.717) is 16.6 Å². The lowest BCUT2D eigenvalue weighted by molar-refractivity contribution is -0.132. The number of carbonyl (C=O) groups excluding carboxylic acids is 1. The monoisotopic (exact) mass is 316 g/mol. The lowest BCUT2D eigenvalue weighted by atomic mass is 10.1. The molecule has 0 unspecified atom stereocenters. The molecule has 0 atom stereocenters. The first kappa shape index (κ1) is 15.0. The molecule has 0 spiro atoms. The van der Waals surface area contributed by atoms with Crippen LogP contribution in [0.15, 0.2) is 24.3 Å². The van der Waals surface area contributed by atoms with Crippen molar-refractivity contribution >= 4 is 18.1 Å². The highest BCUT2D eigenvalue weighted by molar-refractivity contribution is 7.71. The van der Waals surface area contributed by atoms with Gasteiger partial charge in [-0.05, 0) is 38.9 Å². The van der Waals surface area contributed by atoms with E-state index in [1.165, 1.54) is 5.56 Å². The van der Waals surface area contributed by atoms with Gasteiger partial charge >= 0.3 is 0 Å². The molecule has 5 nitrogen and oxygen atoms in total. The van der Waals surface area contributed by atoms with E-state index in [1.54, 1.807) is 4.57 Å². The number of nitrogens with zero attached hydrogens (tertiary/aromatic N) is 3. The van der Waals surface area contributed by atoms with E-state index in [2.05, 4.69) is 10.2 Å². The maximum Gasteiger partial charge on any atom is 0.242 e. The molecule has 0 bridgehead atoms. The molecule has 1 amide bonds. The number of hydrogen-bond donors (Lipinski definition) is 1. The minimum Gasteiger partial charge on any atom is -0.338 e. The average molecular weight is 316 g/mol. The van der Waals surface area contributed by atoms with Crippen molar-refractivity contribution in [2.75, 3.05) is 6.54 Å². The van der Waals surface area contributed by atoms with Crippen LogP contribution in [-0.2, 0) is 11.3 Å². The third-order valence-electron chi connectivity index (χ3n) is 4.01. The van der Waals surface area contributed by atoms with Crippen LogP contribution in [0.25, 0.3) is 11.4 Å². The van der Waals surface area contributed by atoms with Crippen molar-refractivity contribution in [1.29, 1.82) is 0 Å². The Hall–Kier alpha value is -1.95. The number of likely N-dealkylation sites (N-methyl/N-ethyl adjacent to an activating group) is 1. The molecule has 3 rings (SSSR count). The first-order valence-electron chi connectivity index (χ1n) is 7.62. The lowest BCUT2D eigenvalue weighted by Gasteiger charge is -2.20. The Kier molecular flexibility index (Phi) is 4.11. The lowest BCUT2D eigenvalue weighted by Crippen LogP contribution is -2.35. The molecule has 0 radical (unpaired) electrons. The van der Waals surface area contributed by atoms with Gasteiger partial charge < -0.3 is 4.90 Å². The van der Waals surface area contributed by atoms with Gasteiger partial charge in [-0.2, -0.15) is 5.10 Å². The highest BCUT2D eigenvalue weighted by Crippen LogP contribution is 2.27. The highest BCUT2D eigenvalue weighted by Gasteiger charge is 2.31. The molecule has 1 aromatic carbocycles. The van der Waals surface area contributed by atoms with Crippen LogP contribution in [0.1, 0.15) is 25.3 Å². The standard InChI is InChI=1S/C16H20N4OS/c1-3-19(13-8-9-13)14(21)10-20-15(17-18-16(20)22)12-6-4-11(2)5-7-12/h4-7,13H,3,8-10H2,1-2H3,(H,18,22). The minimum absolute atomic E-state index is 0.107. The first-order chi connectivity index (χ1) is 10.6. The summed E-state index contributed by atoms with van der Waals surface area (Å²) >= 11 is 5.30. The van der Waals surface area contributed by atoms with E-state index < -0.39 is 0 Å². The minimum atomic E-state index is 0.107. The summed E-state index contributed by atoms with van der Waals surface area (Å²) in [5.74, 6) is 0.820. The van der Waals surface area contributed by atoms with Gasteiger partial charge in [0.1, 0.15) is 6.54 Å². The fourth-order valence-electron chi connectivity index (χ4n) is 2.64. The number of amides is 1. The van der Waals surface area contributed by atoms with Gasteiger partial charge in [0.05, 0.1) is 0 Å². The molecule has 22 heavy (non-hydrogen) atoms. The van der Waals surface area contributed by atoms with Gasteiger partial charge in [0, 0.05) is 18.2 Å². The van der Waals surface area contributed by atoms with Gasteiger partial charge in [0.15, 0.2) is 10.6 Å². The Morgan fingerprint density at radius 1 is 1.41 bits per heavy atom. The van der Waals surface area contributed by atoms with E-state index in [-0.39, 0.29) is 12.5 Å². The molecule has 0 aliphatic heterocycles. The number of nitrogens with one attached hydrogen (secondary N) is 1. The Morgan fingerprint density at radius 2 is 2.09 bits per heavy atom. The van der Waals surface area contributed by atoms with Crippen LogP contribution >= 0.6 is 12.2 Å². The molecule has 1 aliphatic carbocycles. The normalized spacial score (nSPS) is 14.1. The Balaban J connectivity index is 1.87. The topological polar surface area (TPSA) is 53.9 Å². The number of H-pyrrole nitrogens is 1. The van der Waals surface area contributed by atoms with Crippen LogP contribution in [0.4, 0.5) is 0 Å². The van der Waals surface area contributed by atoms with Gasteiger partial charge in [-0.15, -0.1) is 0 Å². The van der Waals surface area contributed by atoms with Gasteiger partial charge in [-0.1, -0.05) is 29.8 Å². The van der Waals surface area contributed by atoms with Crippen molar-refractivity contribution in [3.63, 3.8) is 0 Å². The third-order valence-corrected chi connectivity index (χ3v) is 4.32. The van der Waals surface area contributed by atoms with E-state index in [0.717, 1.165) is 24.9 Å². The SMILES string of the molecule is CCN(C(=O)Cn1c(-c2ccc(C)cc2)n[nH]c1=S)C1CC1. The molecule has 0 saturated heterocycles. The summed E-state index contributed by atoms with van der Waals surface area (Å²) in [5.41, 5.74) is 2.15. The smallest absolute Gasteiger partial charge is 0.242 e. The van der Waals surface area contributed by atoms with Crippen LogP contribution in [0.3, 0.4) is 0 Å². The van der Waals surface area contributed by atoms with Gasteiger partial charge in [-0.3, -0.25) is 14.5 Å². The summed E-state index contributed by atoms with van der Waals surface area (Å²) in [5, 5.41) is 7.09. The van der Waals surface area contributed by atoms with Crippen LogP contribution in [0.2, 0.25) is 0 Å². The molecule has 6 heteroatoms. The molecule has 1 fully saturated rings. The van der Waals surface area contributed by atoms with Crippen molar-refractivity contribution in [1.82, 2.24) is 19.7 Å². The van der Waals surface area contributed by atoms with Crippen molar-refractivity contribution < 1.29 is 4.79 Å². The second kappa shape index (κ2) is 6.04. The van der Waals surface area contributed by atoms with Crippen molar-refractivity contribution in [3.8, 4) is 11.4 Å². The second-order valence-electron chi connectivity index (χ2n) is 5.72. The molecule has 1 aliphatic rings.